The van der Waals surface area contributed by atoms with Crippen LogP contribution in [-0.2, 0) is 4.74 Å². The summed E-state index contributed by atoms with van der Waals surface area (Å²) in [6.07, 6.45) is -0.349. The van der Waals surface area contributed by atoms with Crippen LogP contribution in [-0.4, -0.2) is 17.5 Å². The van der Waals surface area contributed by atoms with Crippen LogP contribution in [0.2, 0.25) is 10.0 Å². The van der Waals surface area contributed by atoms with Gasteiger partial charge in [0.05, 0.1) is 27.2 Å². The first-order chi connectivity index (χ1) is 14.0. The monoisotopic (exact) mass is 450 g/mol. The highest BCUT2D eigenvalue weighted by molar-refractivity contribution is 6.35. The molecule has 1 atom stereocenters. The Morgan fingerprint density at radius 1 is 1.20 bits per heavy atom. The molecule has 1 N–H and O–H groups in total. The molecule has 2 aromatic rings. The van der Waals surface area contributed by atoms with Gasteiger partial charge in [0, 0.05) is 11.1 Å². The molecule has 0 aliphatic carbocycles. The zero-order chi connectivity index (χ0) is 22.6. The number of halogens is 3. The maximum atomic E-state index is 15.4. The van der Waals surface area contributed by atoms with Gasteiger partial charge in [-0.15, -0.1) is 0 Å². The van der Waals surface area contributed by atoms with Crippen molar-refractivity contribution in [2.75, 3.05) is 0 Å². The summed E-state index contributed by atoms with van der Waals surface area (Å²) in [5.74, 6) is -1.54. The van der Waals surface area contributed by atoms with Crippen molar-refractivity contribution in [3.05, 3.63) is 68.4 Å². The van der Waals surface area contributed by atoms with Crippen LogP contribution in [0.15, 0.2) is 30.3 Å². The minimum atomic E-state index is -0.844. The quantitative estimate of drug-likeness (QED) is 0.548. The number of hydrogen-bond donors (Lipinski definition) is 1. The second-order valence-electron chi connectivity index (χ2n) is 7.57. The molecule has 0 fully saturated rings. The van der Waals surface area contributed by atoms with E-state index < -0.39 is 29.3 Å². The van der Waals surface area contributed by atoms with E-state index in [1.54, 1.807) is 27.7 Å². The third-order valence-electron chi connectivity index (χ3n) is 4.17. The highest BCUT2D eigenvalue weighted by Crippen LogP contribution is 2.30. The number of ketones is 1. The third kappa shape index (κ3) is 5.50. The van der Waals surface area contributed by atoms with Gasteiger partial charge in [-0.25, -0.2) is 9.18 Å². The average molecular weight is 451 g/mol. The molecule has 0 bridgehead atoms. The molecular formula is C22H21Cl2FN2O3. The lowest BCUT2D eigenvalue weighted by atomic mass is 9.95. The van der Waals surface area contributed by atoms with Gasteiger partial charge in [0.25, 0.3) is 0 Å². The lowest BCUT2D eigenvalue weighted by molar-refractivity contribution is 0.0501. The number of ether oxygens (including phenoxy) is 1. The number of hydrogen-bond acceptors (Lipinski definition) is 4. The van der Waals surface area contributed by atoms with Crippen LogP contribution in [0.4, 0.5) is 9.18 Å². The second kappa shape index (κ2) is 9.46. The van der Waals surface area contributed by atoms with Gasteiger partial charge in [-0.3, -0.25) is 4.79 Å². The first-order valence-electron chi connectivity index (χ1n) is 9.20. The first kappa shape index (κ1) is 23.7. The number of rotatable bonds is 5. The molecule has 2 rings (SSSR count). The molecule has 5 nitrogen and oxygen atoms in total. The SMILES string of the molecule is CCC(NC(=O)OC(C)(C)C)c1ccc(Cl)c(C(=O)c2ccc(Cl)c(C#N)c2)c1F. The van der Waals surface area contributed by atoms with Gasteiger partial charge in [-0.1, -0.05) is 36.2 Å². The Morgan fingerprint density at radius 2 is 1.83 bits per heavy atom. The molecule has 30 heavy (non-hydrogen) atoms. The van der Waals surface area contributed by atoms with Gasteiger partial charge in [-0.2, -0.15) is 5.26 Å². The minimum absolute atomic E-state index is 0.0713. The fraction of sp³-hybridized carbons (Fsp3) is 0.318. The van der Waals surface area contributed by atoms with Crippen LogP contribution in [0, 0.1) is 17.1 Å². The van der Waals surface area contributed by atoms with Gasteiger partial charge in [0.2, 0.25) is 0 Å². The van der Waals surface area contributed by atoms with E-state index >= 15 is 4.39 Å². The Bertz CT molecular complexity index is 1030. The molecule has 2 aromatic carbocycles. The fourth-order valence-corrected chi connectivity index (χ4v) is 3.18. The van der Waals surface area contributed by atoms with Crippen molar-refractivity contribution < 1.29 is 18.7 Å². The molecule has 1 amide bonds. The van der Waals surface area contributed by atoms with Crippen LogP contribution < -0.4 is 5.32 Å². The van der Waals surface area contributed by atoms with Crippen molar-refractivity contribution in [1.82, 2.24) is 5.32 Å². The molecule has 0 aliphatic rings. The molecule has 0 aromatic heterocycles. The standard InChI is InChI=1S/C22H21Cl2FN2O3/c1-5-17(27-21(29)30-22(2,3)4)14-7-9-16(24)18(19(14)25)20(28)12-6-8-15(23)13(10-12)11-26/h6-10,17H,5H2,1-4H3,(H,27,29). The topological polar surface area (TPSA) is 79.2 Å². The maximum Gasteiger partial charge on any atom is 0.408 e. The number of carbonyl (C=O) groups is 2. The van der Waals surface area contributed by atoms with Gasteiger partial charge in [-0.05, 0) is 51.5 Å². The van der Waals surface area contributed by atoms with Crippen LogP contribution in [0.25, 0.3) is 0 Å². The van der Waals surface area contributed by atoms with Gasteiger partial charge >= 0.3 is 6.09 Å². The van der Waals surface area contributed by atoms with Crippen LogP contribution in [0.3, 0.4) is 0 Å². The van der Waals surface area contributed by atoms with Crippen molar-refractivity contribution in [3.8, 4) is 6.07 Å². The van der Waals surface area contributed by atoms with Crippen molar-refractivity contribution in [2.24, 2.45) is 0 Å². The Kier molecular flexibility index (Phi) is 7.46. The molecular weight excluding hydrogens is 430 g/mol. The van der Waals surface area contributed by atoms with Crippen molar-refractivity contribution >= 4 is 35.1 Å². The summed E-state index contributed by atoms with van der Waals surface area (Å²) in [6, 6.07) is 8.03. The van der Waals surface area contributed by atoms with Crippen molar-refractivity contribution in [1.29, 1.82) is 5.26 Å². The molecule has 1 unspecified atom stereocenters. The van der Waals surface area contributed by atoms with E-state index in [9.17, 15) is 9.59 Å². The normalized spacial score (nSPS) is 12.1. The number of amides is 1. The van der Waals surface area contributed by atoms with Gasteiger partial charge in [0.15, 0.2) is 5.78 Å². The highest BCUT2D eigenvalue weighted by atomic mass is 35.5. The number of alkyl carbamates (subject to hydrolysis) is 1. The third-order valence-corrected chi connectivity index (χ3v) is 4.82. The fourth-order valence-electron chi connectivity index (χ4n) is 2.79. The Hall–Kier alpha value is -2.62. The Balaban J connectivity index is 2.44. The predicted octanol–water partition coefficient (Wildman–Crippen LogP) is 6.21. The summed E-state index contributed by atoms with van der Waals surface area (Å²) < 4.78 is 20.6. The van der Waals surface area contributed by atoms with Crippen LogP contribution in [0.5, 0.6) is 0 Å². The van der Waals surface area contributed by atoms with Crippen molar-refractivity contribution in [2.45, 2.75) is 45.8 Å². The summed E-state index contributed by atoms with van der Waals surface area (Å²) in [6.45, 7) is 6.91. The lowest BCUT2D eigenvalue weighted by Crippen LogP contribution is -2.35. The Labute approximate surface area is 184 Å². The van der Waals surface area contributed by atoms with E-state index in [1.165, 1.54) is 30.3 Å². The molecule has 8 heteroatoms. The largest absolute Gasteiger partial charge is 0.444 e. The zero-order valence-corrected chi connectivity index (χ0v) is 18.5. The van der Waals surface area contributed by atoms with E-state index in [0.717, 1.165) is 0 Å². The van der Waals surface area contributed by atoms with E-state index in [2.05, 4.69) is 5.32 Å². The van der Waals surface area contributed by atoms with E-state index in [1.807, 2.05) is 6.07 Å². The van der Waals surface area contributed by atoms with Gasteiger partial charge in [0.1, 0.15) is 17.5 Å². The molecule has 0 heterocycles. The number of benzene rings is 2. The molecule has 0 saturated heterocycles. The summed E-state index contributed by atoms with van der Waals surface area (Å²) in [5, 5.41) is 11.8. The van der Waals surface area contributed by atoms with Crippen molar-refractivity contribution in [3.63, 3.8) is 0 Å². The number of nitrogens with zero attached hydrogens (tertiary/aromatic N) is 1. The van der Waals surface area contributed by atoms with Gasteiger partial charge < -0.3 is 10.1 Å². The lowest BCUT2D eigenvalue weighted by Gasteiger charge is -2.24. The first-order valence-corrected chi connectivity index (χ1v) is 9.95. The number of nitriles is 1. The summed E-state index contributed by atoms with van der Waals surface area (Å²) >= 11 is 12.0. The van der Waals surface area contributed by atoms with E-state index in [-0.39, 0.29) is 32.3 Å². The van der Waals surface area contributed by atoms with E-state index in [0.29, 0.717) is 6.42 Å². The molecule has 0 saturated carbocycles. The molecule has 158 valence electrons. The molecule has 0 radical (unpaired) electrons. The summed E-state index contributed by atoms with van der Waals surface area (Å²) in [7, 11) is 0. The van der Waals surface area contributed by atoms with Crippen LogP contribution >= 0.6 is 23.2 Å². The molecule has 0 spiro atoms. The second-order valence-corrected chi connectivity index (χ2v) is 8.38. The minimum Gasteiger partial charge on any atom is -0.444 e. The van der Waals surface area contributed by atoms with Crippen LogP contribution in [0.1, 0.15) is 67.2 Å². The number of carbonyl (C=O) groups excluding carboxylic acids is 2. The smallest absolute Gasteiger partial charge is 0.408 e. The summed E-state index contributed by atoms with van der Waals surface area (Å²) in [5.41, 5.74) is -0.791. The Morgan fingerprint density at radius 3 is 2.40 bits per heavy atom. The highest BCUT2D eigenvalue weighted by Gasteiger charge is 2.26. The zero-order valence-electron chi connectivity index (χ0n) is 17.0. The maximum absolute atomic E-state index is 15.4. The number of nitrogens with one attached hydrogen (secondary N) is 1. The average Bonchev–Trinajstić information content (AvgIpc) is 2.65. The summed E-state index contributed by atoms with van der Waals surface area (Å²) in [4.78, 5) is 25.1. The predicted molar refractivity (Wildman–Crippen MR) is 113 cm³/mol. The van der Waals surface area contributed by atoms with E-state index in [4.69, 9.17) is 33.2 Å². The molecule has 0 aliphatic heterocycles.